The van der Waals surface area contributed by atoms with E-state index in [9.17, 15) is 0 Å². The van der Waals surface area contributed by atoms with Crippen molar-refractivity contribution in [2.75, 3.05) is 0 Å². The van der Waals surface area contributed by atoms with Crippen LogP contribution in [-0.2, 0) is 0 Å². The van der Waals surface area contributed by atoms with Crippen LogP contribution < -0.4 is 5.73 Å². The summed E-state index contributed by atoms with van der Waals surface area (Å²) in [5.41, 5.74) is 5.57. The Kier molecular flexibility index (Phi) is 7.17. The van der Waals surface area contributed by atoms with Crippen molar-refractivity contribution in [3.05, 3.63) is 12.2 Å². The summed E-state index contributed by atoms with van der Waals surface area (Å²) in [7, 11) is 0. The molecule has 72 valence electrons. The number of hydrogen-bond donors (Lipinski definition) is 1. The summed E-state index contributed by atoms with van der Waals surface area (Å²) in [6.45, 7) is 6.56. The minimum atomic E-state index is 0.218. The molecular formula is C11H23N. The fourth-order valence-electron chi connectivity index (χ4n) is 1.13. The second kappa shape index (κ2) is 7.35. The summed E-state index contributed by atoms with van der Waals surface area (Å²) in [5, 5.41) is 0. The van der Waals surface area contributed by atoms with Crippen molar-refractivity contribution in [3.8, 4) is 0 Å². The average molecular weight is 169 g/mol. The van der Waals surface area contributed by atoms with Crippen LogP contribution in [0.25, 0.3) is 0 Å². The van der Waals surface area contributed by atoms with Gasteiger partial charge < -0.3 is 5.73 Å². The van der Waals surface area contributed by atoms with Gasteiger partial charge in [0.2, 0.25) is 0 Å². The molecule has 0 fully saturated rings. The second-order valence-electron chi connectivity index (χ2n) is 3.97. The van der Waals surface area contributed by atoms with Gasteiger partial charge in [-0.3, -0.25) is 0 Å². The van der Waals surface area contributed by atoms with Crippen LogP contribution in [0.15, 0.2) is 12.2 Å². The normalized spacial score (nSPS) is 14.4. The molecule has 0 heterocycles. The van der Waals surface area contributed by atoms with E-state index in [4.69, 9.17) is 5.73 Å². The number of allylic oxidation sites excluding steroid dienone is 1. The maximum absolute atomic E-state index is 5.57. The smallest absolute Gasteiger partial charge is 0.0194 e. The van der Waals surface area contributed by atoms with Crippen LogP contribution in [0, 0.1) is 5.92 Å². The minimum absolute atomic E-state index is 0.218. The molecule has 0 spiro atoms. The van der Waals surface area contributed by atoms with Crippen LogP contribution in [0.4, 0.5) is 0 Å². The lowest BCUT2D eigenvalue weighted by Gasteiger charge is -2.01. The highest BCUT2D eigenvalue weighted by atomic mass is 14.6. The lowest BCUT2D eigenvalue weighted by molar-refractivity contribution is 0.540. The Bertz CT molecular complexity index is 114. The van der Waals surface area contributed by atoms with Gasteiger partial charge in [0.05, 0.1) is 0 Å². The largest absolute Gasteiger partial charge is 0.325 e. The standard InChI is InChI=1S/C11H23N/c1-10(2)8-6-4-5-7-9-11(3)12/h7,9-11H,4-6,8,12H2,1-3H3/b9-7+. The number of hydrogen-bond acceptors (Lipinski definition) is 1. The molecule has 0 aliphatic rings. The van der Waals surface area contributed by atoms with E-state index in [0.717, 1.165) is 5.92 Å². The molecule has 1 unspecified atom stereocenters. The third-order valence-corrected chi connectivity index (χ3v) is 1.84. The van der Waals surface area contributed by atoms with Crippen molar-refractivity contribution < 1.29 is 0 Å². The van der Waals surface area contributed by atoms with Gasteiger partial charge in [0.15, 0.2) is 0 Å². The van der Waals surface area contributed by atoms with E-state index < -0.39 is 0 Å². The third-order valence-electron chi connectivity index (χ3n) is 1.84. The molecule has 0 radical (unpaired) electrons. The summed E-state index contributed by atoms with van der Waals surface area (Å²) in [5.74, 6) is 0.849. The SMILES string of the molecule is CC(N)/C=C/CCCCC(C)C. The van der Waals surface area contributed by atoms with Gasteiger partial charge >= 0.3 is 0 Å². The summed E-state index contributed by atoms with van der Waals surface area (Å²) in [4.78, 5) is 0. The highest BCUT2D eigenvalue weighted by Gasteiger charge is 1.92. The summed E-state index contributed by atoms with van der Waals surface area (Å²) >= 11 is 0. The van der Waals surface area contributed by atoms with Gasteiger partial charge in [-0.15, -0.1) is 0 Å². The fourth-order valence-corrected chi connectivity index (χ4v) is 1.13. The molecule has 0 aromatic rings. The van der Waals surface area contributed by atoms with Gasteiger partial charge in [-0.2, -0.15) is 0 Å². The zero-order chi connectivity index (χ0) is 9.40. The number of unbranched alkanes of at least 4 members (excludes halogenated alkanes) is 2. The van der Waals surface area contributed by atoms with Gasteiger partial charge in [0.25, 0.3) is 0 Å². The van der Waals surface area contributed by atoms with E-state index in [2.05, 4.69) is 26.0 Å². The van der Waals surface area contributed by atoms with E-state index in [1.54, 1.807) is 0 Å². The van der Waals surface area contributed by atoms with E-state index in [0.29, 0.717) is 0 Å². The first kappa shape index (κ1) is 11.7. The van der Waals surface area contributed by atoms with Gasteiger partial charge in [0, 0.05) is 6.04 Å². The lowest BCUT2D eigenvalue weighted by Crippen LogP contribution is -2.09. The first-order chi connectivity index (χ1) is 5.63. The minimum Gasteiger partial charge on any atom is -0.325 e. The van der Waals surface area contributed by atoms with Crippen LogP contribution in [-0.4, -0.2) is 6.04 Å². The first-order valence-corrected chi connectivity index (χ1v) is 5.05. The molecule has 0 saturated carbocycles. The first-order valence-electron chi connectivity index (χ1n) is 5.05. The molecule has 1 nitrogen and oxygen atoms in total. The van der Waals surface area contributed by atoms with Crippen LogP contribution in [0.1, 0.15) is 46.5 Å². The second-order valence-corrected chi connectivity index (χ2v) is 3.97. The molecule has 0 amide bonds. The Morgan fingerprint density at radius 1 is 1.17 bits per heavy atom. The molecule has 0 aliphatic heterocycles. The van der Waals surface area contributed by atoms with Gasteiger partial charge in [-0.1, -0.05) is 38.8 Å². The predicted octanol–water partition coefficient (Wildman–Crippen LogP) is 3.11. The van der Waals surface area contributed by atoms with Gasteiger partial charge in [-0.25, -0.2) is 0 Å². The molecule has 0 saturated heterocycles. The van der Waals surface area contributed by atoms with E-state index in [1.165, 1.54) is 25.7 Å². The van der Waals surface area contributed by atoms with Crippen LogP contribution in [0.2, 0.25) is 0 Å². The van der Waals surface area contributed by atoms with Crippen molar-refractivity contribution in [1.29, 1.82) is 0 Å². The lowest BCUT2D eigenvalue weighted by atomic mass is 10.1. The fraction of sp³-hybridized carbons (Fsp3) is 0.818. The Hall–Kier alpha value is -0.300. The maximum Gasteiger partial charge on any atom is 0.0194 e. The maximum atomic E-state index is 5.57. The predicted molar refractivity (Wildman–Crippen MR) is 56.1 cm³/mol. The molecule has 0 aromatic carbocycles. The van der Waals surface area contributed by atoms with Gasteiger partial charge in [-0.05, 0) is 25.7 Å². The van der Waals surface area contributed by atoms with E-state index in [-0.39, 0.29) is 6.04 Å². The monoisotopic (exact) mass is 169 g/mol. The van der Waals surface area contributed by atoms with Crippen molar-refractivity contribution in [1.82, 2.24) is 0 Å². The molecule has 1 heteroatoms. The molecular weight excluding hydrogens is 146 g/mol. The molecule has 0 bridgehead atoms. The highest BCUT2D eigenvalue weighted by molar-refractivity contribution is 4.88. The van der Waals surface area contributed by atoms with Crippen molar-refractivity contribution in [3.63, 3.8) is 0 Å². The van der Waals surface area contributed by atoms with Crippen molar-refractivity contribution in [2.24, 2.45) is 11.7 Å². The molecule has 2 N–H and O–H groups in total. The molecule has 0 aliphatic carbocycles. The van der Waals surface area contributed by atoms with Crippen molar-refractivity contribution in [2.45, 2.75) is 52.5 Å². The van der Waals surface area contributed by atoms with Crippen LogP contribution in [0.5, 0.6) is 0 Å². The average Bonchev–Trinajstić information content (AvgIpc) is 1.95. The Morgan fingerprint density at radius 3 is 2.33 bits per heavy atom. The number of rotatable bonds is 6. The van der Waals surface area contributed by atoms with Crippen molar-refractivity contribution >= 4 is 0 Å². The third kappa shape index (κ3) is 9.70. The quantitative estimate of drug-likeness (QED) is 0.480. The summed E-state index contributed by atoms with van der Waals surface area (Å²) in [6.07, 6.45) is 9.48. The molecule has 1 atom stereocenters. The zero-order valence-corrected chi connectivity index (χ0v) is 8.72. The Morgan fingerprint density at radius 2 is 1.83 bits per heavy atom. The summed E-state index contributed by atoms with van der Waals surface area (Å²) in [6, 6.07) is 0.218. The Labute approximate surface area is 77.0 Å². The van der Waals surface area contributed by atoms with Crippen LogP contribution >= 0.6 is 0 Å². The van der Waals surface area contributed by atoms with E-state index in [1.807, 2.05) is 6.92 Å². The topological polar surface area (TPSA) is 26.0 Å². The molecule has 0 rings (SSSR count). The van der Waals surface area contributed by atoms with Gasteiger partial charge in [0.1, 0.15) is 0 Å². The van der Waals surface area contributed by atoms with E-state index >= 15 is 0 Å². The van der Waals surface area contributed by atoms with Crippen LogP contribution in [0.3, 0.4) is 0 Å². The highest BCUT2D eigenvalue weighted by Crippen LogP contribution is 2.08. The Balaban J connectivity index is 3.11. The number of nitrogens with two attached hydrogens (primary N) is 1. The molecule has 0 aromatic heterocycles. The zero-order valence-electron chi connectivity index (χ0n) is 8.72. The summed E-state index contributed by atoms with van der Waals surface area (Å²) < 4.78 is 0. The molecule has 12 heavy (non-hydrogen) atoms.